The lowest BCUT2D eigenvalue weighted by Gasteiger charge is -2.09. The lowest BCUT2D eigenvalue weighted by Crippen LogP contribution is -2.37. The fourth-order valence-corrected chi connectivity index (χ4v) is 3.24. The van der Waals surface area contributed by atoms with Gasteiger partial charge in [-0.05, 0) is 23.8 Å². The monoisotopic (exact) mass is 419 g/mol. The first-order chi connectivity index (χ1) is 13.8. The number of rotatable bonds is 9. The van der Waals surface area contributed by atoms with Crippen LogP contribution in [0.5, 0.6) is 0 Å². The summed E-state index contributed by atoms with van der Waals surface area (Å²) in [5.74, 6) is -1.92. The predicted molar refractivity (Wildman–Crippen MR) is 104 cm³/mol. The summed E-state index contributed by atoms with van der Waals surface area (Å²) in [5.41, 5.74) is 0.765. The van der Waals surface area contributed by atoms with E-state index in [0.29, 0.717) is 0 Å². The summed E-state index contributed by atoms with van der Waals surface area (Å²) in [7, 11) is -2.43. The molecule has 2 aromatic rings. The molecule has 2 aromatic carbocycles. The minimum atomic E-state index is -3.85. The largest absolute Gasteiger partial charge is 0.452 e. The molecule has 29 heavy (non-hydrogen) atoms. The van der Waals surface area contributed by atoms with Gasteiger partial charge in [0, 0.05) is 13.6 Å². The summed E-state index contributed by atoms with van der Waals surface area (Å²) in [6.07, 6.45) is 0. The Bertz CT molecular complexity index is 976. The van der Waals surface area contributed by atoms with Crippen molar-refractivity contribution in [2.75, 3.05) is 20.2 Å². The number of nitrogens with one attached hydrogen (secondary N) is 3. The predicted octanol–water partition coefficient (Wildman–Crippen LogP) is 0.184. The molecule has 0 bridgehead atoms. The van der Waals surface area contributed by atoms with Crippen LogP contribution < -0.4 is 15.4 Å². The van der Waals surface area contributed by atoms with Crippen molar-refractivity contribution >= 4 is 27.8 Å². The highest BCUT2D eigenvalue weighted by Gasteiger charge is 2.17. The van der Waals surface area contributed by atoms with Crippen molar-refractivity contribution in [2.24, 2.45) is 0 Å². The second-order valence-corrected chi connectivity index (χ2v) is 7.63. The Balaban J connectivity index is 1.96. The van der Waals surface area contributed by atoms with E-state index < -0.39 is 34.4 Å². The molecule has 10 heteroatoms. The van der Waals surface area contributed by atoms with Crippen LogP contribution in [0.2, 0.25) is 0 Å². The van der Waals surface area contributed by atoms with Crippen LogP contribution in [0.1, 0.15) is 15.9 Å². The molecule has 0 unspecified atom stereocenters. The molecule has 9 nitrogen and oxygen atoms in total. The number of amides is 2. The fraction of sp³-hybridized carbons (Fsp3) is 0.211. The van der Waals surface area contributed by atoms with Gasteiger partial charge in [0.05, 0.1) is 17.0 Å². The normalized spacial score (nSPS) is 10.8. The Morgan fingerprint density at radius 1 is 0.966 bits per heavy atom. The molecule has 0 aromatic heterocycles. The number of benzene rings is 2. The molecule has 0 fully saturated rings. The summed E-state index contributed by atoms with van der Waals surface area (Å²) in [6, 6.07) is 14.3. The van der Waals surface area contributed by atoms with E-state index >= 15 is 0 Å². The number of ether oxygens (including phenoxy) is 1. The van der Waals surface area contributed by atoms with Crippen molar-refractivity contribution in [1.82, 2.24) is 15.4 Å². The van der Waals surface area contributed by atoms with E-state index in [1.165, 1.54) is 25.2 Å². The maximum absolute atomic E-state index is 12.5. The Morgan fingerprint density at radius 3 is 2.38 bits per heavy atom. The minimum Gasteiger partial charge on any atom is -0.452 e. The van der Waals surface area contributed by atoms with Gasteiger partial charge in [-0.3, -0.25) is 9.59 Å². The van der Waals surface area contributed by atoms with Gasteiger partial charge in [0.15, 0.2) is 6.61 Å². The van der Waals surface area contributed by atoms with Crippen molar-refractivity contribution in [1.29, 1.82) is 0 Å². The molecular weight excluding hydrogens is 398 g/mol. The van der Waals surface area contributed by atoms with E-state index in [4.69, 9.17) is 4.74 Å². The summed E-state index contributed by atoms with van der Waals surface area (Å²) >= 11 is 0. The van der Waals surface area contributed by atoms with Crippen molar-refractivity contribution in [3.8, 4) is 0 Å². The van der Waals surface area contributed by atoms with Crippen LogP contribution in [0.15, 0.2) is 59.5 Å². The molecular formula is C19H21N3O6S. The Labute approximate surface area is 168 Å². The Morgan fingerprint density at radius 2 is 1.69 bits per heavy atom. The molecule has 2 amide bonds. The van der Waals surface area contributed by atoms with Gasteiger partial charge in [0.25, 0.3) is 5.91 Å². The van der Waals surface area contributed by atoms with Crippen LogP contribution in [0, 0.1) is 0 Å². The molecule has 2 rings (SSSR count). The molecule has 0 saturated heterocycles. The zero-order chi connectivity index (χ0) is 21.3. The molecule has 0 aliphatic heterocycles. The number of hydrogen-bond acceptors (Lipinski definition) is 6. The van der Waals surface area contributed by atoms with Crippen LogP contribution in [-0.4, -0.2) is 46.4 Å². The highest BCUT2D eigenvalue weighted by Crippen LogP contribution is 2.13. The van der Waals surface area contributed by atoms with Crippen molar-refractivity contribution < 1.29 is 27.5 Å². The molecule has 0 saturated carbocycles. The third kappa shape index (κ3) is 7.01. The first kappa shape index (κ1) is 22.1. The zero-order valence-corrected chi connectivity index (χ0v) is 16.5. The van der Waals surface area contributed by atoms with E-state index in [9.17, 15) is 22.8 Å². The highest BCUT2D eigenvalue weighted by atomic mass is 32.2. The van der Waals surface area contributed by atoms with Gasteiger partial charge in [0.2, 0.25) is 15.9 Å². The van der Waals surface area contributed by atoms with Crippen LogP contribution in [0.25, 0.3) is 0 Å². The highest BCUT2D eigenvalue weighted by molar-refractivity contribution is 7.89. The summed E-state index contributed by atoms with van der Waals surface area (Å²) in [5, 5.41) is 4.60. The third-order valence-electron chi connectivity index (χ3n) is 3.75. The van der Waals surface area contributed by atoms with E-state index in [2.05, 4.69) is 15.4 Å². The molecule has 0 atom stereocenters. The molecule has 154 valence electrons. The first-order valence-corrected chi connectivity index (χ1v) is 10.1. The van der Waals surface area contributed by atoms with Crippen LogP contribution >= 0.6 is 0 Å². The van der Waals surface area contributed by atoms with Gasteiger partial charge < -0.3 is 15.4 Å². The standard InChI is InChI=1S/C19H21N3O6S/c1-20-17(23)12-21-18(24)13-28-19(25)15-8-5-9-16(10-15)29(26,27)22-11-14-6-3-2-4-7-14/h2-10,22H,11-13H2,1H3,(H,20,23)(H,21,24). The molecule has 3 N–H and O–H groups in total. The molecule has 0 heterocycles. The van der Waals surface area contributed by atoms with Crippen LogP contribution in [-0.2, 0) is 30.9 Å². The lowest BCUT2D eigenvalue weighted by atomic mass is 10.2. The zero-order valence-electron chi connectivity index (χ0n) is 15.7. The average molecular weight is 419 g/mol. The smallest absolute Gasteiger partial charge is 0.338 e. The number of carbonyl (C=O) groups excluding carboxylic acids is 3. The quantitative estimate of drug-likeness (QED) is 0.497. The summed E-state index contributed by atoms with van der Waals surface area (Å²) in [6.45, 7) is -0.740. The first-order valence-electron chi connectivity index (χ1n) is 8.60. The second-order valence-electron chi connectivity index (χ2n) is 5.86. The van der Waals surface area contributed by atoms with E-state index in [1.807, 2.05) is 6.07 Å². The number of hydrogen-bond donors (Lipinski definition) is 3. The fourth-order valence-electron chi connectivity index (χ4n) is 2.18. The van der Waals surface area contributed by atoms with Gasteiger partial charge in [0.1, 0.15) is 0 Å². The van der Waals surface area contributed by atoms with Gasteiger partial charge in [-0.15, -0.1) is 0 Å². The van der Waals surface area contributed by atoms with Crippen LogP contribution in [0.4, 0.5) is 0 Å². The molecule has 0 radical (unpaired) electrons. The lowest BCUT2D eigenvalue weighted by molar-refractivity contribution is -0.127. The second kappa shape index (κ2) is 10.3. The Kier molecular flexibility index (Phi) is 7.87. The third-order valence-corrected chi connectivity index (χ3v) is 5.15. The summed E-state index contributed by atoms with van der Waals surface area (Å²) in [4.78, 5) is 34.6. The van der Waals surface area contributed by atoms with Crippen molar-refractivity contribution in [2.45, 2.75) is 11.4 Å². The number of sulfonamides is 1. The van der Waals surface area contributed by atoms with Crippen molar-refractivity contribution in [3.05, 3.63) is 65.7 Å². The van der Waals surface area contributed by atoms with E-state index in [0.717, 1.165) is 11.6 Å². The molecule has 0 aliphatic carbocycles. The minimum absolute atomic E-state index is 0.0216. The van der Waals surface area contributed by atoms with Gasteiger partial charge in [-0.2, -0.15) is 0 Å². The van der Waals surface area contributed by atoms with Crippen molar-refractivity contribution in [3.63, 3.8) is 0 Å². The van der Waals surface area contributed by atoms with Crippen LogP contribution in [0.3, 0.4) is 0 Å². The number of carbonyl (C=O) groups is 3. The summed E-state index contributed by atoms with van der Waals surface area (Å²) < 4.78 is 32.2. The maximum Gasteiger partial charge on any atom is 0.338 e. The number of esters is 1. The Hall–Kier alpha value is -3.24. The van der Waals surface area contributed by atoms with Gasteiger partial charge in [-0.25, -0.2) is 17.9 Å². The topological polar surface area (TPSA) is 131 Å². The average Bonchev–Trinajstić information content (AvgIpc) is 2.75. The SMILES string of the molecule is CNC(=O)CNC(=O)COC(=O)c1cccc(S(=O)(=O)NCc2ccccc2)c1. The molecule has 0 aliphatic rings. The van der Waals surface area contributed by atoms with Gasteiger partial charge in [-0.1, -0.05) is 36.4 Å². The maximum atomic E-state index is 12.5. The number of likely N-dealkylation sites (N-methyl/N-ethyl adjacent to an activating group) is 1. The molecule has 0 spiro atoms. The van der Waals surface area contributed by atoms with Gasteiger partial charge >= 0.3 is 5.97 Å². The van der Waals surface area contributed by atoms with E-state index in [1.54, 1.807) is 24.3 Å². The van der Waals surface area contributed by atoms with E-state index in [-0.39, 0.29) is 23.5 Å².